The van der Waals surface area contributed by atoms with Gasteiger partial charge in [-0.15, -0.1) is 0 Å². The summed E-state index contributed by atoms with van der Waals surface area (Å²) in [5.41, 5.74) is 0.0470. The number of alkyl halides is 2. The van der Waals surface area contributed by atoms with Crippen molar-refractivity contribution >= 4 is 30.5 Å². The van der Waals surface area contributed by atoms with Crippen LogP contribution >= 0.6 is 15.9 Å². The molecule has 0 heterocycles. The molecule has 0 spiro atoms. The van der Waals surface area contributed by atoms with Gasteiger partial charge in [0.25, 0.3) is 0 Å². The van der Waals surface area contributed by atoms with Gasteiger partial charge in [-0.2, -0.15) is 8.78 Å². The Morgan fingerprint density at radius 2 is 1.86 bits per heavy atom. The predicted octanol–water partition coefficient (Wildman–Crippen LogP) is 5.26. The van der Waals surface area contributed by atoms with Gasteiger partial charge in [0, 0.05) is 10.0 Å². The molecule has 0 aliphatic heterocycles. The van der Waals surface area contributed by atoms with E-state index in [1.54, 1.807) is 6.07 Å². The number of halogens is 3. The first-order valence-electron chi connectivity index (χ1n) is 6.68. The van der Waals surface area contributed by atoms with Gasteiger partial charge in [0.2, 0.25) is 0 Å². The summed E-state index contributed by atoms with van der Waals surface area (Å²) in [5.74, 6) is -3.49. The SMILES string of the molecule is CC(C)(C)[Si](C)(C)OCc1cc(Br)ccc1C(F)(F)C=O. The van der Waals surface area contributed by atoms with Gasteiger partial charge in [0.15, 0.2) is 14.6 Å². The van der Waals surface area contributed by atoms with E-state index >= 15 is 0 Å². The molecule has 0 fully saturated rings. The van der Waals surface area contributed by atoms with E-state index in [2.05, 4.69) is 49.8 Å². The lowest BCUT2D eigenvalue weighted by atomic mass is 10.0. The molecule has 21 heavy (non-hydrogen) atoms. The van der Waals surface area contributed by atoms with Crippen LogP contribution in [0.25, 0.3) is 0 Å². The Labute approximate surface area is 134 Å². The normalized spacial score (nSPS) is 13.3. The first kappa shape index (κ1) is 18.5. The number of benzene rings is 1. The topological polar surface area (TPSA) is 26.3 Å². The van der Waals surface area contributed by atoms with Gasteiger partial charge in [-0.3, -0.25) is 4.79 Å². The molecule has 0 radical (unpaired) electrons. The second-order valence-corrected chi connectivity index (χ2v) is 12.3. The number of hydrogen-bond acceptors (Lipinski definition) is 2. The molecule has 0 aromatic heterocycles. The minimum absolute atomic E-state index is 0.00759. The maximum Gasteiger partial charge on any atom is 0.327 e. The van der Waals surface area contributed by atoms with Crippen LogP contribution in [0.4, 0.5) is 8.78 Å². The molecule has 0 aliphatic carbocycles. The lowest BCUT2D eigenvalue weighted by Crippen LogP contribution is -2.40. The molecule has 0 N–H and O–H groups in total. The van der Waals surface area contributed by atoms with E-state index in [1.807, 2.05) is 0 Å². The first-order chi connectivity index (χ1) is 9.40. The predicted molar refractivity (Wildman–Crippen MR) is 86.1 cm³/mol. The van der Waals surface area contributed by atoms with Crippen LogP contribution < -0.4 is 0 Å². The molecule has 0 amide bonds. The van der Waals surface area contributed by atoms with Crippen LogP contribution in [0.3, 0.4) is 0 Å². The van der Waals surface area contributed by atoms with Crippen LogP contribution in [-0.2, 0) is 21.7 Å². The fourth-order valence-electron chi connectivity index (χ4n) is 1.55. The third-order valence-electron chi connectivity index (χ3n) is 3.97. The maximum atomic E-state index is 13.7. The summed E-state index contributed by atoms with van der Waals surface area (Å²) in [5, 5.41) is -0.00759. The van der Waals surface area contributed by atoms with Gasteiger partial charge in [-0.05, 0) is 35.8 Å². The van der Waals surface area contributed by atoms with Gasteiger partial charge in [0.1, 0.15) is 0 Å². The minimum atomic E-state index is -3.49. The third-order valence-corrected chi connectivity index (χ3v) is 8.94. The highest BCUT2D eigenvalue weighted by Crippen LogP contribution is 2.38. The zero-order valence-corrected chi connectivity index (χ0v) is 15.6. The molecule has 0 aliphatic rings. The Balaban J connectivity index is 3.09. The lowest BCUT2D eigenvalue weighted by Gasteiger charge is -2.36. The average molecular weight is 379 g/mol. The number of carbonyl (C=O) groups excluding carboxylic acids is 1. The molecule has 118 valence electrons. The molecule has 0 saturated carbocycles. The molecule has 2 nitrogen and oxygen atoms in total. The van der Waals surface area contributed by atoms with Crippen molar-refractivity contribution in [2.45, 2.75) is 51.4 Å². The van der Waals surface area contributed by atoms with Gasteiger partial charge in [-0.1, -0.05) is 42.8 Å². The van der Waals surface area contributed by atoms with Crippen molar-refractivity contribution in [3.8, 4) is 0 Å². The molecule has 0 saturated heterocycles. The molecule has 0 atom stereocenters. The molecule has 0 bridgehead atoms. The monoisotopic (exact) mass is 378 g/mol. The highest BCUT2D eigenvalue weighted by molar-refractivity contribution is 9.10. The maximum absolute atomic E-state index is 13.7. The second kappa shape index (κ2) is 6.26. The highest BCUT2D eigenvalue weighted by Gasteiger charge is 2.38. The standard InChI is InChI=1S/C15H21BrF2O2Si/c1-14(2,3)21(4,5)20-9-11-8-12(16)6-7-13(11)15(17,18)10-19/h6-8,10H,9H2,1-5H3. The van der Waals surface area contributed by atoms with Crippen molar-refractivity contribution in [2.24, 2.45) is 0 Å². The van der Waals surface area contributed by atoms with E-state index in [-0.39, 0.29) is 23.5 Å². The number of rotatable bonds is 5. The van der Waals surface area contributed by atoms with Crippen molar-refractivity contribution in [3.05, 3.63) is 33.8 Å². The minimum Gasteiger partial charge on any atom is -0.413 e. The van der Waals surface area contributed by atoms with Crippen LogP contribution in [0.1, 0.15) is 31.9 Å². The molecular formula is C15H21BrF2O2Si. The van der Waals surface area contributed by atoms with Crippen molar-refractivity contribution in [1.82, 2.24) is 0 Å². The van der Waals surface area contributed by atoms with Crippen LogP contribution in [0, 0.1) is 0 Å². The summed E-state index contributed by atoms with van der Waals surface area (Å²) in [7, 11) is -2.05. The molecule has 1 aromatic rings. The Morgan fingerprint density at radius 1 is 1.29 bits per heavy atom. The van der Waals surface area contributed by atoms with E-state index in [1.165, 1.54) is 12.1 Å². The van der Waals surface area contributed by atoms with Gasteiger partial charge in [0.05, 0.1) is 6.61 Å². The first-order valence-corrected chi connectivity index (χ1v) is 10.4. The number of hydrogen-bond donors (Lipinski definition) is 0. The fraction of sp³-hybridized carbons (Fsp3) is 0.533. The lowest BCUT2D eigenvalue weighted by molar-refractivity contribution is -0.130. The Hall–Kier alpha value is -0.593. The molecule has 6 heteroatoms. The second-order valence-electron chi connectivity index (χ2n) is 6.59. The third kappa shape index (κ3) is 4.44. The Kier molecular flexibility index (Phi) is 5.50. The van der Waals surface area contributed by atoms with E-state index in [0.29, 0.717) is 10.0 Å². The van der Waals surface area contributed by atoms with Crippen LogP contribution in [0.15, 0.2) is 22.7 Å². The van der Waals surface area contributed by atoms with E-state index in [9.17, 15) is 13.6 Å². The fourth-order valence-corrected chi connectivity index (χ4v) is 2.90. The highest BCUT2D eigenvalue weighted by atomic mass is 79.9. The largest absolute Gasteiger partial charge is 0.413 e. The van der Waals surface area contributed by atoms with Gasteiger partial charge >= 0.3 is 5.92 Å². The summed E-state index contributed by atoms with van der Waals surface area (Å²) in [4.78, 5) is 10.6. The summed E-state index contributed by atoms with van der Waals surface area (Å²) in [6.07, 6.45) is -0.327. The summed E-state index contributed by atoms with van der Waals surface area (Å²) < 4.78 is 34.1. The van der Waals surface area contributed by atoms with E-state index in [0.717, 1.165) is 0 Å². The quantitative estimate of drug-likeness (QED) is 0.515. The smallest absolute Gasteiger partial charge is 0.327 e. The molecule has 0 unspecified atom stereocenters. The number of aldehydes is 1. The van der Waals surface area contributed by atoms with E-state index in [4.69, 9.17) is 4.43 Å². The average Bonchev–Trinajstić information content (AvgIpc) is 2.35. The van der Waals surface area contributed by atoms with Crippen molar-refractivity contribution in [1.29, 1.82) is 0 Å². The summed E-state index contributed by atoms with van der Waals surface area (Å²) in [6.45, 7) is 10.4. The summed E-state index contributed by atoms with van der Waals surface area (Å²) >= 11 is 3.27. The molecule has 1 aromatic carbocycles. The summed E-state index contributed by atoms with van der Waals surface area (Å²) in [6, 6.07) is 4.35. The van der Waals surface area contributed by atoms with Gasteiger partial charge in [-0.25, -0.2) is 0 Å². The Bertz CT molecular complexity index is 525. The van der Waals surface area contributed by atoms with Crippen molar-refractivity contribution < 1.29 is 18.0 Å². The molecule has 1 rings (SSSR count). The van der Waals surface area contributed by atoms with E-state index < -0.39 is 14.2 Å². The van der Waals surface area contributed by atoms with Crippen molar-refractivity contribution in [3.63, 3.8) is 0 Å². The number of carbonyl (C=O) groups is 1. The van der Waals surface area contributed by atoms with Gasteiger partial charge < -0.3 is 4.43 Å². The van der Waals surface area contributed by atoms with Crippen LogP contribution in [0.5, 0.6) is 0 Å². The zero-order chi connectivity index (χ0) is 16.5. The molecular weight excluding hydrogens is 358 g/mol. The zero-order valence-electron chi connectivity index (χ0n) is 13.0. The Morgan fingerprint density at radius 3 is 2.33 bits per heavy atom. The van der Waals surface area contributed by atoms with Crippen molar-refractivity contribution in [2.75, 3.05) is 0 Å². The van der Waals surface area contributed by atoms with Crippen LogP contribution in [0.2, 0.25) is 18.1 Å². The van der Waals surface area contributed by atoms with Crippen LogP contribution in [-0.4, -0.2) is 14.6 Å².